The van der Waals surface area contributed by atoms with E-state index in [1.165, 1.54) is 5.56 Å². The van der Waals surface area contributed by atoms with Crippen molar-refractivity contribution in [3.05, 3.63) is 95.7 Å². The van der Waals surface area contributed by atoms with Gasteiger partial charge in [0.25, 0.3) is 0 Å². The molecule has 0 aliphatic heterocycles. The molecule has 0 radical (unpaired) electrons. The first-order valence-electron chi connectivity index (χ1n) is 9.39. The molecule has 6 heteroatoms. The second-order valence-electron chi connectivity index (χ2n) is 6.44. The standard InChI is InChI=1S/C23H26N4O.HI/c1-18(20-12-7-4-8-13-20)27-23(24-2)26-16-21-14-9-15-25-22(21)28-17-19-10-5-3-6-11-19;/h3-15,18H,16-17H2,1-2H3,(H2,24,26,27);1H. The molecule has 0 spiro atoms. The van der Waals surface area contributed by atoms with Crippen LogP contribution in [0.3, 0.4) is 0 Å². The van der Waals surface area contributed by atoms with Crippen molar-refractivity contribution < 1.29 is 4.74 Å². The smallest absolute Gasteiger partial charge is 0.218 e. The van der Waals surface area contributed by atoms with Gasteiger partial charge in [0.15, 0.2) is 5.96 Å². The van der Waals surface area contributed by atoms with Gasteiger partial charge in [-0.15, -0.1) is 24.0 Å². The van der Waals surface area contributed by atoms with Gasteiger partial charge in [-0.25, -0.2) is 4.98 Å². The molecule has 1 atom stereocenters. The van der Waals surface area contributed by atoms with E-state index in [4.69, 9.17) is 4.74 Å². The van der Waals surface area contributed by atoms with Crippen molar-refractivity contribution in [2.75, 3.05) is 7.05 Å². The number of guanidine groups is 1. The largest absolute Gasteiger partial charge is 0.473 e. The monoisotopic (exact) mass is 502 g/mol. The minimum absolute atomic E-state index is 0. The van der Waals surface area contributed by atoms with Crippen molar-refractivity contribution in [2.24, 2.45) is 4.99 Å². The van der Waals surface area contributed by atoms with Crippen molar-refractivity contribution in [1.29, 1.82) is 0 Å². The molecule has 1 unspecified atom stereocenters. The first-order valence-corrected chi connectivity index (χ1v) is 9.39. The van der Waals surface area contributed by atoms with E-state index >= 15 is 0 Å². The number of aliphatic imine (C=N–C) groups is 1. The summed E-state index contributed by atoms with van der Waals surface area (Å²) in [7, 11) is 1.77. The number of hydrogen-bond acceptors (Lipinski definition) is 3. The van der Waals surface area contributed by atoms with Gasteiger partial charge >= 0.3 is 0 Å². The Morgan fingerprint density at radius 2 is 1.69 bits per heavy atom. The summed E-state index contributed by atoms with van der Waals surface area (Å²) >= 11 is 0. The lowest BCUT2D eigenvalue weighted by Gasteiger charge is -2.19. The third-order valence-electron chi connectivity index (χ3n) is 4.39. The molecule has 3 rings (SSSR count). The van der Waals surface area contributed by atoms with E-state index < -0.39 is 0 Å². The number of aromatic nitrogens is 1. The van der Waals surface area contributed by atoms with Crippen molar-refractivity contribution in [3.8, 4) is 5.88 Å². The highest BCUT2D eigenvalue weighted by Gasteiger charge is 2.09. The topological polar surface area (TPSA) is 58.5 Å². The fourth-order valence-electron chi connectivity index (χ4n) is 2.82. The zero-order valence-electron chi connectivity index (χ0n) is 16.7. The summed E-state index contributed by atoms with van der Waals surface area (Å²) in [4.78, 5) is 8.71. The van der Waals surface area contributed by atoms with E-state index in [1.807, 2.05) is 60.7 Å². The Labute approximate surface area is 189 Å². The number of ether oxygens (including phenoxy) is 1. The van der Waals surface area contributed by atoms with Crippen LogP contribution in [0.15, 0.2) is 84.0 Å². The fourth-order valence-corrected chi connectivity index (χ4v) is 2.82. The number of hydrogen-bond donors (Lipinski definition) is 2. The van der Waals surface area contributed by atoms with Crippen LogP contribution in [-0.4, -0.2) is 18.0 Å². The van der Waals surface area contributed by atoms with E-state index in [9.17, 15) is 0 Å². The minimum Gasteiger partial charge on any atom is -0.473 e. The van der Waals surface area contributed by atoms with Crippen molar-refractivity contribution in [2.45, 2.75) is 26.1 Å². The van der Waals surface area contributed by atoms with Crippen LogP contribution in [0.25, 0.3) is 0 Å². The summed E-state index contributed by atoms with van der Waals surface area (Å²) in [5.41, 5.74) is 3.30. The second kappa shape index (κ2) is 12.1. The second-order valence-corrected chi connectivity index (χ2v) is 6.44. The summed E-state index contributed by atoms with van der Waals surface area (Å²) < 4.78 is 5.93. The summed E-state index contributed by atoms with van der Waals surface area (Å²) in [5.74, 6) is 1.36. The van der Waals surface area contributed by atoms with Gasteiger partial charge in [-0.1, -0.05) is 66.7 Å². The highest BCUT2D eigenvalue weighted by Crippen LogP contribution is 2.16. The Hall–Kier alpha value is -2.61. The first-order chi connectivity index (χ1) is 13.8. The Balaban J connectivity index is 0.00000300. The van der Waals surface area contributed by atoms with Crippen LogP contribution >= 0.6 is 24.0 Å². The summed E-state index contributed by atoms with van der Waals surface area (Å²) in [5, 5.41) is 6.75. The summed E-state index contributed by atoms with van der Waals surface area (Å²) in [6.45, 7) is 3.17. The van der Waals surface area contributed by atoms with Crippen LogP contribution in [0, 0.1) is 0 Å². The van der Waals surface area contributed by atoms with Crippen LogP contribution in [0.1, 0.15) is 29.7 Å². The van der Waals surface area contributed by atoms with Crippen LogP contribution in [0.4, 0.5) is 0 Å². The molecule has 1 aromatic heterocycles. The van der Waals surface area contributed by atoms with E-state index in [1.54, 1.807) is 13.2 Å². The molecule has 0 saturated carbocycles. The summed E-state index contributed by atoms with van der Waals surface area (Å²) in [6, 6.07) is 24.4. The molecule has 5 nitrogen and oxygen atoms in total. The number of nitrogens with one attached hydrogen (secondary N) is 2. The zero-order valence-corrected chi connectivity index (χ0v) is 19.0. The van der Waals surface area contributed by atoms with E-state index in [0.717, 1.165) is 17.1 Å². The Morgan fingerprint density at radius 3 is 2.38 bits per heavy atom. The van der Waals surface area contributed by atoms with Gasteiger partial charge in [-0.2, -0.15) is 0 Å². The van der Waals surface area contributed by atoms with Gasteiger partial charge < -0.3 is 15.4 Å². The van der Waals surface area contributed by atoms with Gasteiger partial charge in [-0.05, 0) is 24.1 Å². The lowest BCUT2D eigenvalue weighted by atomic mass is 10.1. The predicted octanol–water partition coefficient (Wildman–Crippen LogP) is 4.70. The minimum atomic E-state index is 0. The molecule has 0 saturated heterocycles. The normalized spacial score (nSPS) is 11.9. The average molecular weight is 502 g/mol. The molecule has 0 bridgehead atoms. The molecule has 0 amide bonds. The van der Waals surface area contributed by atoms with E-state index in [2.05, 4.69) is 39.7 Å². The predicted molar refractivity (Wildman–Crippen MR) is 129 cm³/mol. The fraction of sp³-hybridized carbons (Fsp3) is 0.217. The molecule has 152 valence electrons. The molecule has 1 heterocycles. The third-order valence-corrected chi connectivity index (χ3v) is 4.39. The molecular formula is C23H27IN4O. The van der Waals surface area contributed by atoms with Gasteiger partial charge in [0, 0.05) is 25.4 Å². The number of benzene rings is 2. The Morgan fingerprint density at radius 1 is 1.00 bits per heavy atom. The van der Waals surface area contributed by atoms with Gasteiger partial charge in [0.2, 0.25) is 5.88 Å². The first kappa shape index (κ1) is 22.7. The van der Waals surface area contributed by atoms with Crippen molar-refractivity contribution >= 4 is 29.9 Å². The Bertz CT molecular complexity index is 888. The highest BCUT2D eigenvalue weighted by atomic mass is 127. The summed E-state index contributed by atoms with van der Waals surface area (Å²) in [6.07, 6.45) is 1.74. The molecule has 0 aliphatic rings. The van der Waals surface area contributed by atoms with E-state index in [-0.39, 0.29) is 30.0 Å². The van der Waals surface area contributed by atoms with Crippen molar-refractivity contribution in [1.82, 2.24) is 15.6 Å². The SMILES string of the molecule is CN=C(NCc1cccnc1OCc1ccccc1)NC(C)c1ccccc1.I. The lowest BCUT2D eigenvalue weighted by Crippen LogP contribution is -2.38. The number of pyridine rings is 1. The maximum Gasteiger partial charge on any atom is 0.218 e. The molecule has 2 N–H and O–H groups in total. The molecule has 0 aliphatic carbocycles. The van der Waals surface area contributed by atoms with Crippen LogP contribution < -0.4 is 15.4 Å². The zero-order chi connectivity index (χ0) is 19.6. The average Bonchev–Trinajstić information content (AvgIpc) is 2.77. The molecular weight excluding hydrogens is 475 g/mol. The van der Waals surface area contributed by atoms with Crippen LogP contribution in [-0.2, 0) is 13.2 Å². The number of nitrogens with zero attached hydrogens (tertiary/aromatic N) is 2. The van der Waals surface area contributed by atoms with Crippen LogP contribution in [0.2, 0.25) is 0 Å². The lowest BCUT2D eigenvalue weighted by molar-refractivity contribution is 0.290. The molecule has 29 heavy (non-hydrogen) atoms. The Kier molecular flexibility index (Phi) is 9.43. The van der Waals surface area contributed by atoms with Gasteiger partial charge in [-0.3, -0.25) is 4.99 Å². The third kappa shape index (κ3) is 7.05. The number of rotatable bonds is 7. The van der Waals surface area contributed by atoms with Crippen molar-refractivity contribution in [3.63, 3.8) is 0 Å². The molecule has 0 fully saturated rings. The van der Waals surface area contributed by atoms with Crippen LogP contribution in [0.5, 0.6) is 5.88 Å². The maximum absolute atomic E-state index is 5.93. The quantitative estimate of drug-likeness (QED) is 0.279. The van der Waals surface area contributed by atoms with Gasteiger partial charge in [0.05, 0.1) is 6.04 Å². The van der Waals surface area contributed by atoms with E-state index in [0.29, 0.717) is 19.0 Å². The molecule has 3 aromatic rings. The highest BCUT2D eigenvalue weighted by molar-refractivity contribution is 14.0. The molecule has 2 aromatic carbocycles. The maximum atomic E-state index is 5.93. The van der Waals surface area contributed by atoms with Gasteiger partial charge in [0.1, 0.15) is 6.61 Å². The number of halogens is 1.